The fourth-order valence-corrected chi connectivity index (χ4v) is 2.04. The molecule has 0 aliphatic heterocycles. The summed E-state index contributed by atoms with van der Waals surface area (Å²) in [6.07, 6.45) is 1.91. The van der Waals surface area contributed by atoms with Gasteiger partial charge in [-0.15, -0.1) is 5.10 Å². The predicted octanol–water partition coefficient (Wildman–Crippen LogP) is 2.09. The van der Waals surface area contributed by atoms with Crippen molar-refractivity contribution in [3.8, 4) is 11.3 Å². The summed E-state index contributed by atoms with van der Waals surface area (Å²) in [7, 11) is 0. The molecule has 1 N–H and O–H groups in total. The zero-order chi connectivity index (χ0) is 14.5. The summed E-state index contributed by atoms with van der Waals surface area (Å²) >= 11 is 0. The Bertz CT molecular complexity index is 689. The van der Waals surface area contributed by atoms with Crippen molar-refractivity contribution in [2.75, 3.05) is 6.54 Å². The van der Waals surface area contributed by atoms with E-state index in [0.717, 1.165) is 35.8 Å². The summed E-state index contributed by atoms with van der Waals surface area (Å²) in [5, 5.41) is 15.5. The highest BCUT2D eigenvalue weighted by atomic mass is 16.5. The maximum absolute atomic E-state index is 5.36. The van der Waals surface area contributed by atoms with Crippen molar-refractivity contribution in [3.63, 3.8) is 0 Å². The van der Waals surface area contributed by atoms with E-state index in [1.165, 1.54) is 0 Å². The van der Waals surface area contributed by atoms with Crippen LogP contribution in [-0.4, -0.2) is 26.7 Å². The molecular formula is C15H17N5O. The van der Waals surface area contributed by atoms with E-state index in [0.29, 0.717) is 6.54 Å². The topological polar surface area (TPSA) is 68.8 Å². The molecule has 0 spiro atoms. The normalized spacial score (nSPS) is 10.9. The summed E-state index contributed by atoms with van der Waals surface area (Å²) in [6.45, 7) is 4.22. The lowest BCUT2D eigenvalue weighted by Gasteiger charge is -1.95. The molecular weight excluding hydrogens is 266 g/mol. The number of nitrogens with one attached hydrogen (secondary N) is 1. The first-order valence-corrected chi connectivity index (χ1v) is 6.96. The molecule has 3 aromatic rings. The molecule has 0 aliphatic carbocycles. The first kappa shape index (κ1) is 13.5. The maximum atomic E-state index is 5.36. The van der Waals surface area contributed by atoms with E-state index in [2.05, 4.69) is 27.7 Å². The zero-order valence-electron chi connectivity index (χ0n) is 11.9. The van der Waals surface area contributed by atoms with Crippen LogP contribution in [-0.2, 0) is 13.1 Å². The maximum Gasteiger partial charge on any atom is 0.158 e. The van der Waals surface area contributed by atoms with E-state index in [-0.39, 0.29) is 0 Å². The Morgan fingerprint density at radius 1 is 1.24 bits per heavy atom. The summed E-state index contributed by atoms with van der Waals surface area (Å²) in [5.41, 5.74) is 2.79. The Hall–Kier alpha value is -2.47. The Kier molecular flexibility index (Phi) is 4.07. The van der Waals surface area contributed by atoms with Gasteiger partial charge in [-0.3, -0.25) is 0 Å². The van der Waals surface area contributed by atoms with Crippen molar-refractivity contribution >= 4 is 0 Å². The highest BCUT2D eigenvalue weighted by Gasteiger charge is 2.08. The zero-order valence-corrected chi connectivity index (χ0v) is 11.9. The number of rotatable bonds is 6. The Morgan fingerprint density at radius 3 is 2.90 bits per heavy atom. The van der Waals surface area contributed by atoms with Gasteiger partial charge in [0, 0.05) is 18.2 Å². The molecule has 0 unspecified atom stereocenters. The number of nitrogens with zero attached hydrogens (tertiary/aromatic N) is 4. The average molecular weight is 283 g/mol. The highest BCUT2D eigenvalue weighted by molar-refractivity contribution is 5.58. The standard InChI is InChI=1S/C15H17N5O/c1-2-16-9-13-10-20(19-17-13)11-14-8-15(18-21-14)12-6-4-3-5-7-12/h3-8,10,16H,2,9,11H2,1H3. The van der Waals surface area contributed by atoms with Crippen LogP contribution in [0.25, 0.3) is 11.3 Å². The summed E-state index contributed by atoms with van der Waals surface area (Å²) in [4.78, 5) is 0. The fraction of sp³-hybridized carbons (Fsp3) is 0.267. The number of aromatic nitrogens is 4. The van der Waals surface area contributed by atoms with Crippen molar-refractivity contribution in [3.05, 3.63) is 54.0 Å². The van der Waals surface area contributed by atoms with Gasteiger partial charge < -0.3 is 9.84 Å². The van der Waals surface area contributed by atoms with E-state index in [4.69, 9.17) is 4.52 Å². The van der Waals surface area contributed by atoms with Gasteiger partial charge in [0.2, 0.25) is 0 Å². The van der Waals surface area contributed by atoms with Crippen molar-refractivity contribution in [1.82, 2.24) is 25.5 Å². The first-order chi connectivity index (χ1) is 10.3. The second-order valence-electron chi connectivity index (χ2n) is 4.73. The second kappa shape index (κ2) is 6.32. The molecule has 2 aromatic heterocycles. The molecule has 0 atom stereocenters. The Morgan fingerprint density at radius 2 is 2.10 bits per heavy atom. The minimum absolute atomic E-state index is 0.527. The van der Waals surface area contributed by atoms with Crippen molar-refractivity contribution in [2.45, 2.75) is 20.0 Å². The van der Waals surface area contributed by atoms with Gasteiger partial charge in [-0.25, -0.2) is 4.68 Å². The smallest absolute Gasteiger partial charge is 0.158 e. The predicted molar refractivity (Wildman–Crippen MR) is 78.4 cm³/mol. The van der Waals surface area contributed by atoms with Crippen molar-refractivity contribution in [1.29, 1.82) is 0 Å². The van der Waals surface area contributed by atoms with Crippen molar-refractivity contribution in [2.24, 2.45) is 0 Å². The monoisotopic (exact) mass is 283 g/mol. The van der Waals surface area contributed by atoms with Gasteiger partial charge in [0.1, 0.15) is 12.2 Å². The van der Waals surface area contributed by atoms with Gasteiger partial charge in [0.05, 0.1) is 11.9 Å². The van der Waals surface area contributed by atoms with Gasteiger partial charge in [0.25, 0.3) is 0 Å². The number of hydrogen-bond acceptors (Lipinski definition) is 5. The Labute approximate surface area is 122 Å². The SMILES string of the molecule is CCNCc1cn(Cc2cc(-c3ccccc3)no2)nn1. The molecule has 6 heteroatoms. The van der Waals surface area contributed by atoms with Crippen LogP contribution in [0.2, 0.25) is 0 Å². The summed E-state index contributed by atoms with van der Waals surface area (Å²) in [5.74, 6) is 0.758. The van der Waals surface area contributed by atoms with Crippen LogP contribution >= 0.6 is 0 Å². The van der Waals surface area contributed by atoms with E-state index < -0.39 is 0 Å². The van der Waals surface area contributed by atoms with Gasteiger partial charge in [-0.1, -0.05) is 47.6 Å². The third-order valence-corrected chi connectivity index (χ3v) is 3.09. The van der Waals surface area contributed by atoms with E-state index in [1.54, 1.807) is 4.68 Å². The van der Waals surface area contributed by atoms with Crippen LogP contribution in [0.4, 0.5) is 0 Å². The molecule has 0 aliphatic rings. The van der Waals surface area contributed by atoms with Crippen molar-refractivity contribution < 1.29 is 4.52 Å². The average Bonchev–Trinajstić information content (AvgIpc) is 3.16. The molecule has 0 amide bonds. The second-order valence-corrected chi connectivity index (χ2v) is 4.73. The lowest BCUT2D eigenvalue weighted by atomic mass is 10.1. The number of hydrogen-bond donors (Lipinski definition) is 1. The first-order valence-electron chi connectivity index (χ1n) is 6.96. The van der Waals surface area contributed by atoms with Crippen LogP contribution in [0, 0.1) is 0 Å². The molecule has 1 aromatic carbocycles. The Balaban J connectivity index is 1.68. The minimum Gasteiger partial charge on any atom is -0.359 e. The molecule has 21 heavy (non-hydrogen) atoms. The van der Waals surface area contributed by atoms with E-state index in [1.807, 2.05) is 42.6 Å². The summed E-state index contributed by atoms with van der Waals surface area (Å²) < 4.78 is 7.11. The summed E-state index contributed by atoms with van der Waals surface area (Å²) in [6, 6.07) is 11.9. The highest BCUT2D eigenvalue weighted by Crippen LogP contribution is 2.18. The lowest BCUT2D eigenvalue weighted by Crippen LogP contribution is -2.11. The van der Waals surface area contributed by atoms with Gasteiger partial charge in [-0.05, 0) is 6.54 Å². The van der Waals surface area contributed by atoms with Crippen LogP contribution in [0.5, 0.6) is 0 Å². The third kappa shape index (κ3) is 3.35. The van der Waals surface area contributed by atoms with Crippen LogP contribution in [0.15, 0.2) is 47.1 Å². The molecule has 2 heterocycles. The largest absolute Gasteiger partial charge is 0.359 e. The molecule has 0 saturated heterocycles. The van der Waals surface area contributed by atoms with Crippen LogP contribution < -0.4 is 5.32 Å². The van der Waals surface area contributed by atoms with Crippen LogP contribution in [0.1, 0.15) is 18.4 Å². The van der Waals surface area contributed by atoms with Gasteiger partial charge >= 0.3 is 0 Å². The van der Waals surface area contributed by atoms with E-state index in [9.17, 15) is 0 Å². The van der Waals surface area contributed by atoms with E-state index >= 15 is 0 Å². The lowest BCUT2D eigenvalue weighted by molar-refractivity contribution is 0.372. The molecule has 6 nitrogen and oxygen atoms in total. The molecule has 3 rings (SSSR count). The molecule has 108 valence electrons. The van der Waals surface area contributed by atoms with Crippen LogP contribution in [0.3, 0.4) is 0 Å². The molecule has 0 bridgehead atoms. The quantitative estimate of drug-likeness (QED) is 0.750. The minimum atomic E-state index is 0.527. The molecule has 0 radical (unpaired) electrons. The van der Waals surface area contributed by atoms with Gasteiger partial charge in [-0.2, -0.15) is 0 Å². The molecule has 0 saturated carbocycles. The number of benzene rings is 1. The third-order valence-electron chi connectivity index (χ3n) is 3.09. The van der Waals surface area contributed by atoms with Gasteiger partial charge in [0.15, 0.2) is 5.76 Å². The molecule has 0 fully saturated rings. The fourth-order valence-electron chi connectivity index (χ4n) is 2.04.